The first-order chi connectivity index (χ1) is 8.06. The number of nitriles is 1. The Kier molecular flexibility index (Phi) is 4.46. The lowest BCUT2D eigenvalue weighted by atomic mass is 10.2. The Hall–Kier alpha value is -2.09. The van der Waals surface area contributed by atoms with Crippen molar-refractivity contribution in [2.45, 2.75) is 26.3 Å². The van der Waals surface area contributed by atoms with Crippen LogP contribution in [0.15, 0.2) is 24.3 Å². The highest BCUT2D eigenvalue weighted by atomic mass is 16.6. The quantitative estimate of drug-likeness (QED) is 0.579. The van der Waals surface area contributed by atoms with Crippen LogP contribution in [-0.2, 0) is 0 Å². The number of non-ortho nitro benzene ring substituents is 1. The summed E-state index contributed by atoms with van der Waals surface area (Å²) in [6, 6.07) is 8.76. The summed E-state index contributed by atoms with van der Waals surface area (Å²) in [5.41, 5.74) is 0.985. The minimum absolute atomic E-state index is 0.0812. The van der Waals surface area contributed by atoms with Crippen LogP contribution in [0.25, 0.3) is 0 Å². The number of rotatable bonds is 5. The number of hydrogen-bond acceptors (Lipinski definition) is 4. The second-order valence-corrected chi connectivity index (χ2v) is 3.97. The molecule has 0 spiro atoms. The Labute approximate surface area is 100 Å². The van der Waals surface area contributed by atoms with Crippen molar-refractivity contribution in [3.05, 3.63) is 34.4 Å². The summed E-state index contributed by atoms with van der Waals surface area (Å²) in [7, 11) is 0. The molecule has 0 bridgehead atoms. The second-order valence-electron chi connectivity index (χ2n) is 3.97. The minimum Gasteiger partial charge on any atom is -0.368 e. The molecule has 1 rings (SSSR count). The summed E-state index contributed by atoms with van der Waals surface area (Å²) in [6.45, 7) is 4.68. The molecule has 0 saturated heterocycles. The van der Waals surface area contributed by atoms with E-state index in [0.717, 1.165) is 5.69 Å². The van der Waals surface area contributed by atoms with E-state index >= 15 is 0 Å². The molecule has 90 valence electrons. The molecule has 0 amide bonds. The molecule has 0 heterocycles. The van der Waals surface area contributed by atoms with Crippen molar-refractivity contribution < 1.29 is 4.92 Å². The maximum Gasteiger partial charge on any atom is 0.269 e. The summed E-state index contributed by atoms with van der Waals surface area (Å²) in [6.07, 6.45) is 0.440. The SMILES string of the molecule is CC(C)N(CCC#N)c1ccc([N+](=O)[O-])cc1. The zero-order valence-corrected chi connectivity index (χ0v) is 9.96. The van der Waals surface area contributed by atoms with E-state index in [4.69, 9.17) is 5.26 Å². The molecule has 0 aliphatic rings. The van der Waals surface area contributed by atoms with Gasteiger partial charge in [0.05, 0.1) is 17.4 Å². The molecule has 0 radical (unpaired) electrons. The fourth-order valence-corrected chi connectivity index (χ4v) is 1.62. The summed E-state index contributed by atoms with van der Waals surface area (Å²) < 4.78 is 0. The van der Waals surface area contributed by atoms with Crippen LogP contribution in [-0.4, -0.2) is 17.5 Å². The van der Waals surface area contributed by atoms with E-state index < -0.39 is 4.92 Å². The average molecular weight is 233 g/mol. The van der Waals surface area contributed by atoms with E-state index in [1.807, 2.05) is 18.7 Å². The molecule has 0 N–H and O–H groups in total. The van der Waals surface area contributed by atoms with E-state index in [2.05, 4.69) is 6.07 Å². The Morgan fingerprint density at radius 2 is 2.00 bits per heavy atom. The standard InChI is InChI=1S/C12H15N3O2/c1-10(2)14(9-3-8-13)11-4-6-12(7-5-11)15(16)17/h4-7,10H,3,9H2,1-2H3. The van der Waals surface area contributed by atoms with Crippen molar-refractivity contribution >= 4 is 11.4 Å². The fraction of sp³-hybridized carbons (Fsp3) is 0.417. The molecule has 0 saturated carbocycles. The number of benzene rings is 1. The van der Waals surface area contributed by atoms with Gasteiger partial charge in [0, 0.05) is 30.4 Å². The molecule has 17 heavy (non-hydrogen) atoms. The molecule has 5 nitrogen and oxygen atoms in total. The number of nitro groups is 1. The number of nitro benzene ring substituents is 1. The predicted molar refractivity (Wildman–Crippen MR) is 65.8 cm³/mol. The molecule has 5 heteroatoms. The molecule has 0 atom stereocenters. The number of nitrogens with zero attached hydrogens (tertiary/aromatic N) is 3. The first kappa shape index (κ1) is 13.0. The van der Waals surface area contributed by atoms with Gasteiger partial charge in [0.15, 0.2) is 0 Å². The molecular weight excluding hydrogens is 218 g/mol. The van der Waals surface area contributed by atoms with Gasteiger partial charge in [-0.2, -0.15) is 5.26 Å². The van der Waals surface area contributed by atoms with Crippen LogP contribution in [0.5, 0.6) is 0 Å². The van der Waals surface area contributed by atoms with E-state index in [1.165, 1.54) is 12.1 Å². The maximum absolute atomic E-state index is 10.5. The van der Waals surface area contributed by atoms with Crippen molar-refractivity contribution in [1.82, 2.24) is 0 Å². The third kappa shape index (κ3) is 3.45. The van der Waals surface area contributed by atoms with Gasteiger partial charge in [-0.1, -0.05) is 0 Å². The number of anilines is 1. The molecule has 1 aromatic rings. The summed E-state index contributed by atoms with van der Waals surface area (Å²) >= 11 is 0. The summed E-state index contributed by atoms with van der Waals surface area (Å²) in [5, 5.41) is 19.1. The predicted octanol–water partition coefficient (Wildman–Crippen LogP) is 2.72. The van der Waals surface area contributed by atoms with Gasteiger partial charge in [-0.3, -0.25) is 10.1 Å². The lowest BCUT2D eigenvalue weighted by molar-refractivity contribution is -0.384. The summed E-state index contributed by atoms with van der Waals surface area (Å²) in [5.74, 6) is 0. The van der Waals surface area contributed by atoms with E-state index in [1.54, 1.807) is 12.1 Å². The van der Waals surface area contributed by atoms with Crippen LogP contribution in [0.2, 0.25) is 0 Å². The third-order valence-corrected chi connectivity index (χ3v) is 2.48. The smallest absolute Gasteiger partial charge is 0.269 e. The normalized spacial score (nSPS) is 10.0. The van der Waals surface area contributed by atoms with Crippen molar-refractivity contribution in [2.75, 3.05) is 11.4 Å². The van der Waals surface area contributed by atoms with Crippen molar-refractivity contribution in [3.8, 4) is 6.07 Å². The average Bonchev–Trinajstić information content (AvgIpc) is 2.29. The van der Waals surface area contributed by atoms with Crippen molar-refractivity contribution in [2.24, 2.45) is 0 Å². The van der Waals surface area contributed by atoms with Gasteiger partial charge in [-0.05, 0) is 26.0 Å². The first-order valence-electron chi connectivity index (χ1n) is 5.44. The van der Waals surface area contributed by atoms with Gasteiger partial charge in [0.1, 0.15) is 0 Å². The highest BCUT2D eigenvalue weighted by molar-refractivity contribution is 5.51. The van der Waals surface area contributed by atoms with Gasteiger partial charge in [-0.25, -0.2) is 0 Å². The van der Waals surface area contributed by atoms with Crippen LogP contribution in [0, 0.1) is 21.4 Å². The van der Waals surface area contributed by atoms with Gasteiger partial charge >= 0.3 is 0 Å². The zero-order chi connectivity index (χ0) is 12.8. The van der Waals surface area contributed by atoms with E-state index in [-0.39, 0.29) is 11.7 Å². The molecule has 0 aliphatic carbocycles. The van der Waals surface area contributed by atoms with Gasteiger partial charge in [-0.15, -0.1) is 0 Å². The van der Waals surface area contributed by atoms with Crippen LogP contribution < -0.4 is 4.90 Å². The fourth-order valence-electron chi connectivity index (χ4n) is 1.62. The Bertz CT molecular complexity index is 420. The topological polar surface area (TPSA) is 70.2 Å². The van der Waals surface area contributed by atoms with E-state index in [9.17, 15) is 10.1 Å². The largest absolute Gasteiger partial charge is 0.368 e. The maximum atomic E-state index is 10.5. The van der Waals surface area contributed by atoms with Gasteiger partial charge in [0.2, 0.25) is 0 Å². The van der Waals surface area contributed by atoms with Crippen molar-refractivity contribution in [3.63, 3.8) is 0 Å². The Morgan fingerprint density at radius 1 is 1.41 bits per heavy atom. The highest BCUT2D eigenvalue weighted by Crippen LogP contribution is 2.21. The molecule has 0 aromatic heterocycles. The Balaban J connectivity index is 2.88. The van der Waals surface area contributed by atoms with Crippen LogP contribution in [0.1, 0.15) is 20.3 Å². The summed E-state index contributed by atoms with van der Waals surface area (Å²) in [4.78, 5) is 12.2. The third-order valence-electron chi connectivity index (χ3n) is 2.48. The lowest BCUT2D eigenvalue weighted by Crippen LogP contribution is -2.31. The van der Waals surface area contributed by atoms with Gasteiger partial charge in [0.25, 0.3) is 5.69 Å². The lowest BCUT2D eigenvalue weighted by Gasteiger charge is -2.27. The highest BCUT2D eigenvalue weighted by Gasteiger charge is 2.11. The minimum atomic E-state index is -0.418. The van der Waals surface area contributed by atoms with Crippen LogP contribution >= 0.6 is 0 Å². The monoisotopic (exact) mass is 233 g/mol. The molecular formula is C12H15N3O2. The number of hydrogen-bond donors (Lipinski definition) is 0. The van der Waals surface area contributed by atoms with E-state index in [0.29, 0.717) is 13.0 Å². The Morgan fingerprint density at radius 3 is 2.41 bits per heavy atom. The van der Waals surface area contributed by atoms with Crippen LogP contribution in [0.4, 0.5) is 11.4 Å². The zero-order valence-electron chi connectivity index (χ0n) is 9.96. The van der Waals surface area contributed by atoms with Crippen LogP contribution in [0.3, 0.4) is 0 Å². The van der Waals surface area contributed by atoms with Gasteiger partial charge < -0.3 is 4.90 Å². The molecule has 0 fully saturated rings. The molecule has 0 aliphatic heterocycles. The van der Waals surface area contributed by atoms with Crippen molar-refractivity contribution in [1.29, 1.82) is 5.26 Å². The molecule has 1 aromatic carbocycles. The first-order valence-corrected chi connectivity index (χ1v) is 5.44. The second kappa shape index (κ2) is 5.85. The molecule has 0 unspecified atom stereocenters.